The van der Waals surface area contributed by atoms with Gasteiger partial charge >= 0.3 is 0 Å². The third kappa shape index (κ3) is 9.90. The van der Waals surface area contributed by atoms with Crippen LogP contribution < -0.4 is 11.1 Å². The molecule has 34 heavy (non-hydrogen) atoms. The third-order valence-electron chi connectivity index (χ3n) is 5.43. The van der Waals surface area contributed by atoms with Gasteiger partial charge in [0.2, 0.25) is 0 Å². The number of carbonyl (C=O) groups excluding carboxylic acids is 2. The molecule has 1 heterocycles. The average Bonchev–Trinajstić information content (AvgIpc) is 3.33. The van der Waals surface area contributed by atoms with Gasteiger partial charge in [0.25, 0.3) is 5.91 Å². The first kappa shape index (κ1) is 30.4. The van der Waals surface area contributed by atoms with Crippen molar-refractivity contribution in [2.45, 2.75) is 57.5 Å². The average molecular weight is 525 g/mol. The van der Waals surface area contributed by atoms with Gasteiger partial charge in [0.15, 0.2) is 5.78 Å². The number of thiol groups is 1. The molecule has 0 bridgehead atoms. The number of nitrogens with two attached hydrogens (primary N) is 1. The van der Waals surface area contributed by atoms with Crippen molar-refractivity contribution in [3.05, 3.63) is 71.2 Å². The molecule has 1 amide bonds. The molecular weight excluding hydrogens is 488 g/mol. The molecule has 2 atom stereocenters. The molecule has 0 spiro atoms. The molecule has 1 aromatic carbocycles. The Bertz CT molecular complexity index is 917. The molecule has 0 radical (unpaired) electrons. The Hall–Kier alpha value is -1.67. The minimum atomic E-state index is -0.517. The van der Waals surface area contributed by atoms with E-state index in [9.17, 15) is 9.59 Å². The molecule has 3 N–H and O–H groups in total. The van der Waals surface area contributed by atoms with Gasteiger partial charge < -0.3 is 15.5 Å². The molecule has 0 unspecified atom stereocenters. The lowest BCUT2D eigenvalue weighted by atomic mass is 9.93. The van der Waals surface area contributed by atoms with Crippen molar-refractivity contribution in [1.82, 2.24) is 5.32 Å². The lowest BCUT2D eigenvalue weighted by molar-refractivity contribution is -0.121. The van der Waals surface area contributed by atoms with Crippen LogP contribution in [0.2, 0.25) is 0 Å². The number of Topliss-reactive ketones (excluding diaryl/α,β-unsaturated/α-hetero) is 1. The molecule has 0 aliphatic rings. The van der Waals surface area contributed by atoms with Crippen LogP contribution in [0.5, 0.6) is 0 Å². The number of thioether (sulfide) groups is 1. The first-order valence-corrected chi connectivity index (χ1v) is 13.4. The van der Waals surface area contributed by atoms with Crippen LogP contribution in [0.3, 0.4) is 0 Å². The first-order valence-electron chi connectivity index (χ1n) is 11.4. The summed E-state index contributed by atoms with van der Waals surface area (Å²) in [4.78, 5) is 26.3. The zero-order valence-electron chi connectivity index (χ0n) is 20.2. The van der Waals surface area contributed by atoms with Crippen molar-refractivity contribution in [2.75, 3.05) is 17.8 Å². The minimum Gasteiger partial charge on any atom is -0.469 e. The number of benzene rings is 1. The number of nitrogens with one attached hydrogen (secondary N) is 1. The number of hydrogen-bond acceptors (Lipinski definition) is 6. The molecule has 0 fully saturated rings. The second kappa shape index (κ2) is 16.1. The highest BCUT2D eigenvalue weighted by atomic mass is 35.5. The quantitative estimate of drug-likeness (QED) is 0.232. The maximum Gasteiger partial charge on any atom is 0.252 e. The predicted molar refractivity (Wildman–Crippen MR) is 149 cm³/mol. The lowest BCUT2D eigenvalue weighted by Crippen LogP contribution is -2.41. The first-order chi connectivity index (χ1) is 15.8. The number of amides is 1. The number of carbonyl (C=O) groups is 2. The second-order valence-corrected chi connectivity index (χ2v) is 9.76. The second-order valence-electron chi connectivity index (χ2n) is 8.41. The van der Waals surface area contributed by atoms with Crippen molar-refractivity contribution in [3.63, 3.8) is 0 Å². The van der Waals surface area contributed by atoms with E-state index in [4.69, 9.17) is 10.2 Å². The van der Waals surface area contributed by atoms with Gasteiger partial charge in [-0.25, -0.2) is 0 Å². The predicted octanol–water partition coefficient (Wildman–Crippen LogP) is 5.23. The highest BCUT2D eigenvalue weighted by molar-refractivity contribution is 7.98. The summed E-state index contributed by atoms with van der Waals surface area (Å²) in [6.45, 7) is 4.13. The van der Waals surface area contributed by atoms with Gasteiger partial charge in [-0.15, -0.1) is 12.4 Å². The number of hydrogen-bond donors (Lipinski definition) is 3. The van der Waals surface area contributed by atoms with Crippen LogP contribution in [0.15, 0.2) is 53.2 Å². The summed E-state index contributed by atoms with van der Waals surface area (Å²) < 4.78 is 5.34. The zero-order valence-corrected chi connectivity index (χ0v) is 22.7. The molecule has 5 nitrogen and oxygen atoms in total. The number of allylic oxidation sites excluding steroid dienone is 1. The normalized spacial score (nSPS) is 13.0. The van der Waals surface area contributed by atoms with Crippen molar-refractivity contribution in [1.29, 1.82) is 0 Å². The van der Waals surface area contributed by atoms with Crippen molar-refractivity contribution in [3.8, 4) is 0 Å². The number of ketones is 1. The van der Waals surface area contributed by atoms with E-state index in [-0.39, 0.29) is 36.1 Å². The number of halogens is 1. The van der Waals surface area contributed by atoms with E-state index < -0.39 is 6.04 Å². The SMILES string of the molecule is CSCC[C@H](NC(=O)c1cc(C/C=C/[C@@H](N)CS)ccc1C(C)C)C(=O)CCc1ccco1.Cl. The largest absolute Gasteiger partial charge is 0.469 e. The van der Waals surface area contributed by atoms with Crippen molar-refractivity contribution < 1.29 is 14.0 Å². The van der Waals surface area contributed by atoms with Crippen molar-refractivity contribution >= 4 is 48.5 Å². The van der Waals surface area contributed by atoms with Crippen LogP contribution in [0, 0.1) is 0 Å². The van der Waals surface area contributed by atoms with Crippen LogP contribution in [0.25, 0.3) is 0 Å². The van der Waals surface area contributed by atoms with E-state index in [1.165, 1.54) is 0 Å². The van der Waals surface area contributed by atoms with Crippen LogP contribution in [-0.4, -0.2) is 41.5 Å². The molecule has 0 saturated carbocycles. The van der Waals surface area contributed by atoms with E-state index in [2.05, 4.69) is 31.8 Å². The molecule has 1 aromatic heterocycles. The van der Waals surface area contributed by atoms with Gasteiger partial charge in [-0.05, 0) is 60.1 Å². The third-order valence-corrected chi connectivity index (χ3v) is 6.50. The maximum absolute atomic E-state index is 13.3. The van der Waals surface area contributed by atoms with Crippen LogP contribution in [0.4, 0.5) is 0 Å². The van der Waals surface area contributed by atoms with Crippen LogP contribution >= 0.6 is 36.8 Å². The fourth-order valence-corrected chi connectivity index (χ4v) is 4.12. The summed E-state index contributed by atoms with van der Waals surface area (Å²) in [5.74, 6) is 2.17. The zero-order chi connectivity index (χ0) is 24.2. The summed E-state index contributed by atoms with van der Waals surface area (Å²) in [7, 11) is 0. The van der Waals surface area contributed by atoms with E-state index in [0.717, 1.165) is 22.6 Å². The maximum atomic E-state index is 13.3. The van der Waals surface area contributed by atoms with Gasteiger partial charge in [-0.2, -0.15) is 24.4 Å². The Labute approximate surface area is 219 Å². The fraction of sp³-hybridized carbons (Fsp3) is 0.462. The molecule has 2 aromatic rings. The van der Waals surface area contributed by atoms with Gasteiger partial charge in [-0.3, -0.25) is 9.59 Å². The van der Waals surface area contributed by atoms with Crippen molar-refractivity contribution in [2.24, 2.45) is 5.73 Å². The summed E-state index contributed by atoms with van der Waals surface area (Å²) in [6, 6.07) is 9.06. The Kier molecular flexibility index (Phi) is 14.4. The highest BCUT2D eigenvalue weighted by Crippen LogP contribution is 2.22. The van der Waals surface area contributed by atoms with Gasteiger partial charge in [0.1, 0.15) is 5.76 Å². The van der Waals surface area contributed by atoms with Gasteiger partial charge in [-0.1, -0.05) is 38.1 Å². The summed E-state index contributed by atoms with van der Waals surface area (Å²) in [6.07, 6.45) is 9.69. The molecule has 0 aliphatic heterocycles. The van der Waals surface area contributed by atoms with Gasteiger partial charge in [0, 0.05) is 30.2 Å². The minimum absolute atomic E-state index is 0. The Balaban J connectivity index is 0.00000578. The fourth-order valence-electron chi connectivity index (χ4n) is 3.53. The van der Waals surface area contributed by atoms with Crippen LogP contribution in [-0.2, 0) is 17.6 Å². The van der Waals surface area contributed by atoms with E-state index in [1.54, 1.807) is 18.0 Å². The Morgan fingerprint density at radius 1 is 1.26 bits per heavy atom. The molecule has 0 aliphatic carbocycles. The van der Waals surface area contributed by atoms with Gasteiger partial charge in [0.05, 0.1) is 12.3 Å². The Morgan fingerprint density at radius 3 is 2.65 bits per heavy atom. The number of rotatable bonds is 14. The van der Waals surface area contributed by atoms with E-state index in [1.807, 2.05) is 48.7 Å². The number of aryl methyl sites for hydroxylation is 1. The molecule has 8 heteroatoms. The summed E-state index contributed by atoms with van der Waals surface area (Å²) >= 11 is 5.86. The topological polar surface area (TPSA) is 85.3 Å². The van der Waals surface area contributed by atoms with Crippen LogP contribution in [0.1, 0.15) is 59.9 Å². The summed E-state index contributed by atoms with van der Waals surface area (Å²) in [5.41, 5.74) is 8.51. The summed E-state index contributed by atoms with van der Waals surface area (Å²) in [5, 5.41) is 3.02. The smallest absolute Gasteiger partial charge is 0.252 e. The Morgan fingerprint density at radius 2 is 2.03 bits per heavy atom. The molecule has 0 saturated heterocycles. The molecular formula is C26H37ClN2O3S2. The highest BCUT2D eigenvalue weighted by Gasteiger charge is 2.23. The monoisotopic (exact) mass is 524 g/mol. The van der Waals surface area contributed by atoms with E-state index >= 15 is 0 Å². The number of furan rings is 1. The van der Waals surface area contributed by atoms with E-state index in [0.29, 0.717) is 37.0 Å². The molecule has 2 rings (SSSR count). The molecule has 188 valence electrons. The standard InChI is InChI=1S/C26H36N2O3S2.ClH/c1-18(2)22-11-9-19(6-4-7-20(27)17-32)16-23(22)26(30)28-24(13-15-33-3)25(29)12-10-21-8-5-14-31-21;/h4-5,7-9,11,14,16,18,20,24,32H,6,10,12-13,15,17,27H2,1-3H3,(H,28,30);1H/b7-4+;/t20-,24+;/m1./s1. The lowest BCUT2D eigenvalue weighted by Gasteiger charge is -2.20.